The first-order valence-electron chi connectivity index (χ1n) is 8.04. The van der Waals surface area contributed by atoms with Crippen molar-refractivity contribution in [3.63, 3.8) is 0 Å². The molecule has 1 aliphatic rings. The molecule has 3 rings (SSSR count). The summed E-state index contributed by atoms with van der Waals surface area (Å²) < 4.78 is 0. The van der Waals surface area contributed by atoms with Crippen molar-refractivity contribution in [3.05, 3.63) is 28.8 Å². The molecule has 1 aliphatic heterocycles. The minimum atomic E-state index is -0.353. The first-order chi connectivity index (χ1) is 11.6. The van der Waals surface area contributed by atoms with Crippen molar-refractivity contribution in [1.29, 1.82) is 0 Å². The molecule has 2 aromatic rings. The number of amides is 2. The first kappa shape index (κ1) is 17.0. The van der Waals surface area contributed by atoms with E-state index in [9.17, 15) is 4.79 Å². The van der Waals surface area contributed by atoms with Crippen LogP contribution in [0.15, 0.2) is 18.2 Å². The van der Waals surface area contributed by atoms with Gasteiger partial charge in [-0.25, -0.2) is 4.79 Å². The molecule has 8 heteroatoms. The number of halogens is 1. The third kappa shape index (κ3) is 4.36. The van der Waals surface area contributed by atoms with E-state index in [4.69, 9.17) is 11.6 Å². The number of hydrogen-bond donors (Lipinski definition) is 2. The number of aromatic nitrogens is 2. The van der Waals surface area contributed by atoms with Crippen molar-refractivity contribution in [2.45, 2.75) is 32.6 Å². The smallest absolute Gasteiger partial charge is 0.325 e. The maximum Gasteiger partial charge on any atom is 0.325 e. The van der Waals surface area contributed by atoms with Crippen LogP contribution in [0.4, 0.5) is 20.7 Å². The lowest BCUT2D eigenvalue weighted by Gasteiger charge is -2.17. The summed E-state index contributed by atoms with van der Waals surface area (Å²) in [6.07, 6.45) is 4.89. The zero-order valence-corrected chi connectivity index (χ0v) is 15.1. The van der Waals surface area contributed by atoms with Gasteiger partial charge in [-0.1, -0.05) is 41.8 Å². The van der Waals surface area contributed by atoms with Crippen molar-refractivity contribution in [3.8, 4) is 0 Å². The van der Waals surface area contributed by atoms with Gasteiger partial charge in [-0.2, -0.15) is 0 Å². The monoisotopic (exact) mass is 365 g/mol. The fourth-order valence-electron chi connectivity index (χ4n) is 2.59. The van der Waals surface area contributed by atoms with Crippen LogP contribution >= 0.6 is 22.9 Å². The molecule has 0 spiro atoms. The Morgan fingerprint density at radius 1 is 1.17 bits per heavy atom. The second-order valence-corrected chi connectivity index (χ2v) is 7.20. The number of hydrogen-bond acceptors (Lipinski definition) is 5. The quantitative estimate of drug-likeness (QED) is 0.838. The second-order valence-electron chi connectivity index (χ2n) is 5.83. The standard InChI is InChI=1S/C16H20ClN5OS/c1-11-6-7-12(10-13(11)17)18-14(23)19-15-20-21-16(24-15)22-8-4-2-3-5-9-22/h6-7,10H,2-5,8-9H2,1H3,(H2,18,19,20,23). The highest BCUT2D eigenvalue weighted by atomic mass is 35.5. The fourth-order valence-corrected chi connectivity index (χ4v) is 3.56. The molecule has 1 aromatic carbocycles. The molecule has 0 unspecified atom stereocenters. The molecule has 128 valence electrons. The van der Waals surface area contributed by atoms with Crippen LogP contribution in [0.2, 0.25) is 5.02 Å². The lowest BCUT2D eigenvalue weighted by Crippen LogP contribution is -2.23. The summed E-state index contributed by atoms with van der Waals surface area (Å²) in [5.41, 5.74) is 1.61. The number of anilines is 3. The van der Waals surface area contributed by atoms with Crippen LogP contribution in [0.1, 0.15) is 31.2 Å². The van der Waals surface area contributed by atoms with E-state index in [1.807, 2.05) is 19.1 Å². The average molecular weight is 366 g/mol. The van der Waals surface area contributed by atoms with Gasteiger partial charge in [0.1, 0.15) is 0 Å². The lowest BCUT2D eigenvalue weighted by molar-refractivity contribution is 0.262. The van der Waals surface area contributed by atoms with Crippen LogP contribution in [0.3, 0.4) is 0 Å². The summed E-state index contributed by atoms with van der Waals surface area (Å²) in [6.45, 7) is 3.92. The molecular weight excluding hydrogens is 346 g/mol. The van der Waals surface area contributed by atoms with Crippen LogP contribution in [0.5, 0.6) is 0 Å². The molecule has 1 saturated heterocycles. The van der Waals surface area contributed by atoms with Crippen LogP contribution < -0.4 is 15.5 Å². The molecule has 0 aliphatic carbocycles. The number of urea groups is 1. The highest BCUT2D eigenvalue weighted by molar-refractivity contribution is 7.19. The molecule has 2 heterocycles. The van der Waals surface area contributed by atoms with Crippen LogP contribution in [-0.4, -0.2) is 29.3 Å². The van der Waals surface area contributed by atoms with Gasteiger partial charge in [0, 0.05) is 23.8 Å². The number of carbonyl (C=O) groups excluding carboxylic acids is 1. The molecule has 1 aromatic heterocycles. The fraction of sp³-hybridized carbons (Fsp3) is 0.438. The number of carbonyl (C=O) groups is 1. The minimum Gasteiger partial charge on any atom is -0.347 e. The third-order valence-electron chi connectivity index (χ3n) is 3.94. The van der Waals surface area contributed by atoms with E-state index in [0.717, 1.165) is 23.8 Å². The summed E-state index contributed by atoms with van der Waals surface area (Å²) in [6, 6.07) is 5.04. The van der Waals surface area contributed by atoms with Gasteiger partial charge in [-0.15, -0.1) is 10.2 Å². The highest BCUT2D eigenvalue weighted by Crippen LogP contribution is 2.26. The Morgan fingerprint density at radius 2 is 1.92 bits per heavy atom. The predicted molar refractivity (Wildman–Crippen MR) is 99.4 cm³/mol. The summed E-state index contributed by atoms with van der Waals surface area (Å²) in [5, 5.41) is 15.7. The van der Waals surface area contributed by atoms with Crippen LogP contribution in [0.25, 0.3) is 0 Å². The third-order valence-corrected chi connectivity index (χ3v) is 5.25. The molecule has 24 heavy (non-hydrogen) atoms. The molecule has 0 radical (unpaired) electrons. The van der Waals surface area contributed by atoms with Crippen molar-refractivity contribution in [2.24, 2.45) is 0 Å². The minimum absolute atomic E-state index is 0.353. The molecule has 6 nitrogen and oxygen atoms in total. The van der Waals surface area contributed by atoms with Crippen molar-refractivity contribution in [1.82, 2.24) is 10.2 Å². The number of benzene rings is 1. The van der Waals surface area contributed by atoms with Gasteiger partial charge in [-0.3, -0.25) is 5.32 Å². The number of nitrogens with one attached hydrogen (secondary N) is 2. The average Bonchev–Trinajstić information content (AvgIpc) is 2.83. The molecule has 0 atom stereocenters. The van der Waals surface area contributed by atoms with Crippen LogP contribution in [-0.2, 0) is 0 Å². The number of aryl methyl sites for hydroxylation is 1. The highest BCUT2D eigenvalue weighted by Gasteiger charge is 2.15. The maximum atomic E-state index is 12.1. The van der Waals surface area contributed by atoms with Gasteiger partial charge in [0.25, 0.3) is 0 Å². The van der Waals surface area contributed by atoms with E-state index in [0.29, 0.717) is 15.8 Å². The first-order valence-corrected chi connectivity index (χ1v) is 9.24. The van der Waals surface area contributed by atoms with Crippen molar-refractivity contribution in [2.75, 3.05) is 28.6 Å². The summed E-state index contributed by atoms with van der Waals surface area (Å²) in [5.74, 6) is 0. The molecule has 0 bridgehead atoms. The SMILES string of the molecule is Cc1ccc(NC(=O)Nc2nnc(N3CCCCCC3)s2)cc1Cl. The molecule has 0 saturated carbocycles. The Hall–Kier alpha value is -1.86. The Balaban J connectivity index is 1.59. The van der Waals surface area contributed by atoms with Crippen LogP contribution in [0, 0.1) is 6.92 Å². The van der Waals surface area contributed by atoms with E-state index in [-0.39, 0.29) is 6.03 Å². The van der Waals surface area contributed by atoms with E-state index < -0.39 is 0 Å². The Morgan fingerprint density at radius 3 is 2.62 bits per heavy atom. The second kappa shape index (κ2) is 7.81. The van der Waals surface area contributed by atoms with E-state index in [2.05, 4.69) is 25.7 Å². The summed E-state index contributed by atoms with van der Waals surface area (Å²) in [4.78, 5) is 14.3. The van der Waals surface area contributed by atoms with Gasteiger partial charge in [0.2, 0.25) is 10.3 Å². The summed E-state index contributed by atoms with van der Waals surface area (Å²) in [7, 11) is 0. The number of nitrogens with zero attached hydrogens (tertiary/aromatic N) is 3. The molecular formula is C16H20ClN5OS. The zero-order valence-electron chi connectivity index (χ0n) is 13.5. The molecule has 2 N–H and O–H groups in total. The zero-order chi connectivity index (χ0) is 16.9. The molecule has 2 amide bonds. The van der Waals surface area contributed by atoms with Gasteiger partial charge >= 0.3 is 6.03 Å². The maximum absolute atomic E-state index is 12.1. The van der Waals surface area contributed by atoms with E-state index in [1.54, 1.807) is 6.07 Å². The topological polar surface area (TPSA) is 70.1 Å². The van der Waals surface area contributed by atoms with Gasteiger partial charge in [0.05, 0.1) is 0 Å². The Kier molecular flexibility index (Phi) is 5.52. The summed E-state index contributed by atoms with van der Waals surface area (Å²) >= 11 is 7.46. The lowest BCUT2D eigenvalue weighted by atomic mass is 10.2. The predicted octanol–water partition coefficient (Wildman–Crippen LogP) is 4.52. The van der Waals surface area contributed by atoms with Crippen molar-refractivity contribution < 1.29 is 4.79 Å². The van der Waals surface area contributed by atoms with Crippen molar-refractivity contribution >= 4 is 44.9 Å². The largest absolute Gasteiger partial charge is 0.347 e. The van der Waals surface area contributed by atoms with E-state index in [1.165, 1.54) is 37.0 Å². The van der Waals surface area contributed by atoms with E-state index >= 15 is 0 Å². The normalized spacial score (nSPS) is 15.0. The Labute approximate surface area is 150 Å². The molecule has 1 fully saturated rings. The Bertz CT molecular complexity index is 712. The van der Waals surface area contributed by atoms with Gasteiger partial charge < -0.3 is 10.2 Å². The van der Waals surface area contributed by atoms with Gasteiger partial charge in [-0.05, 0) is 37.5 Å². The van der Waals surface area contributed by atoms with Gasteiger partial charge in [0.15, 0.2) is 0 Å². The number of rotatable bonds is 3.